The van der Waals surface area contributed by atoms with E-state index in [0.717, 1.165) is 0 Å². The number of benzene rings is 1. The van der Waals surface area contributed by atoms with Crippen LogP contribution in [-0.4, -0.2) is 16.1 Å². The quantitative estimate of drug-likeness (QED) is 0.817. The first kappa shape index (κ1) is 11.1. The van der Waals surface area contributed by atoms with Crippen LogP contribution in [0, 0.1) is 0 Å². The number of aliphatic carboxylic acids is 1. The molecular weight excluding hydrogens is 214 g/mol. The lowest BCUT2D eigenvalue weighted by atomic mass is 10.0. The van der Waals surface area contributed by atoms with Crippen LogP contribution in [0.3, 0.4) is 0 Å². The Morgan fingerprint density at radius 2 is 1.76 bits per heavy atom. The van der Waals surface area contributed by atoms with Gasteiger partial charge in [0.05, 0.1) is 11.3 Å². The van der Waals surface area contributed by atoms with Gasteiger partial charge in [-0.25, -0.2) is 4.79 Å². The average molecular weight is 225 g/mol. The van der Waals surface area contributed by atoms with Crippen molar-refractivity contribution in [1.29, 1.82) is 0 Å². The van der Waals surface area contributed by atoms with Gasteiger partial charge in [-0.1, -0.05) is 36.4 Å². The second-order valence-corrected chi connectivity index (χ2v) is 3.48. The molecule has 0 radical (unpaired) electrons. The maximum Gasteiger partial charge on any atom is 0.336 e. The van der Waals surface area contributed by atoms with Crippen LogP contribution in [0.1, 0.15) is 11.3 Å². The van der Waals surface area contributed by atoms with Crippen molar-refractivity contribution in [3.63, 3.8) is 0 Å². The summed E-state index contributed by atoms with van der Waals surface area (Å²) < 4.78 is 0. The number of hydrogen-bond acceptors (Lipinski definition) is 2. The molecule has 0 bridgehead atoms. The predicted octanol–water partition coefficient (Wildman–Crippen LogP) is 2.71. The molecular formula is C14H11NO2. The van der Waals surface area contributed by atoms with E-state index < -0.39 is 5.97 Å². The zero-order valence-corrected chi connectivity index (χ0v) is 9.08. The molecule has 17 heavy (non-hydrogen) atoms. The van der Waals surface area contributed by atoms with E-state index in [1.165, 1.54) is 0 Å². The van der Waals surface area contributed by atoms with Crippen molar-refractivity contribution in [2.75, 3.05) is 0 Å². The van der Waals surface area contributed by atoms with Gasteiger partial charge in [0.25, 0.3) is 0 Å². The second kappa shape index (κ2) is 5.07. The molecule has 2 aromatic rings. The van der Waals surface area contributed by atoms with Crippen LogP contribution in [0.4, 0.5) is 0 Å². The standard InChI is InChI=1S/C14H11NO2/c16-14(17)13(11-6-2-1-3-7-11)10-12-8-4-5-9-15-12/h1-10H,(H,16,17)/b13-10+. The van der Waals surface area contributed by atoms with Crippen LogP contribution in [0.2, 0.25) is 0 Å². The number of carboxylic acid groups (broad SMARTS) is 1. The maximum absolute atomic E-state index is 11.2. The fourth-order valence-corrected chi connectivity index (χ4v) is 1.50. The number of aromatic nitrogens is 1. The summed E-state index contributed by atoms with van der Waals surface area (Å²) in [5.74, 6) is -0.957. The molecule has 0 saturated carbocycles. The van der Waals surface area contributed by atoms with E-state index >= 15 is 0 Å². The van der Waals surface area contributed by atoms with E-state index in [-0.39, 0.29) is 5.57 Å². The Hall–Kier alpha value is -2.42. The summed E-state index contributed by atoms with van der Waals surface area (Å²) in [6.45, 7) is 0. The fourth-order valence-electron chi connectivity index (χ4n) is 1.50. The maximum atomic E-state index is 11.2. The van der Waals surface area contributed by atoms with Gasteiger partial charge in [0, 0.05) is 6.20 Å². The smallest absolute Gasteiger partial charge is 0.336 e. The van der Waals surface area contributed by atoms with E-state index in [9.17, 15) is 9.90 Å². The van der Waals surface area contributed by atoms with Gasteiger partial charge in [0.15, 0.2) is 0 Å². The van der Waals surface area contributed by atoms with Gasteiger partial charge >= 0.3 is 5.97 Å². The molecule has 0 atom stereocenters. The number of nitrogens with zero attached hydrogens (tertiary/aromatic N) is 1. The van der Waals surface area contributed by atoms with Crippen molar-refractivity contribution < 1.29 is 9.90 Å². The predicted molar refractivity (Wildman–Crippen MR) is 66.2 cm³/mol. The summed E-state index contributed by atoms with van der Waals surface area (Å²) in [5, 5.41) is 9.19. The van der Waals surface area contributed by atoms with Gasteiger partial charge in [-0.2, -0.15) is 0 Å². The third-order valence-electron chi connectivity index (χ3n) is 2.30. The van der Waals surface area contributed by atoms with Gasteiger partial charge in [-0.3, -0.25) is 4.98 Å². The third-order valence-corrected chi connectivity index (χ3v) is 2.30. The fraction of sp³-hybridized carbons (Fsp3) is 0. The van der Waals surface area contributed by atoms with Gasteiger partial charge in [0.1, 0.15) is 0 Å². The summed E-state index contributed by atoms with van der Waals surface area (Å²) in [5.41, 5.74) is 1.55. The number of carbonyl (C=O) groups is 1. The Bertz CT molecular complexity index is 533. The SMILES string of the molecule is O=C(O)/C(=C/c1ccccn1)c1ccccc1. The van der Waals surface area contributed by atoms with Crippen molar-refractivity contribution in [1.82, 2.24) is 4.98 Å². The molecule has 0 spiro atoms. The number of hydrogen-bond donors (Lipinski definition) is 1. The van der Waals surface area contributed by atoms with Gasteiger partial charge in [-0.05, 0) is 23.8 Å². The number of carboxylic acids is 1. The molecule has 1 N–H and O–H groups in total. The van der Waals surface area contributed by atoms with Crippen molar-refractivity contribution in [2.24, 2.45) is 0 Å². The molecule has 1 aromatic heterocycles. The van der Waals surface area contributed by atoms with E-state index in [0.29, 0.717) is 11.3 Å². The highest BCUT2D eigenvalue weighted by Gasteiger charge is 2.09. The van der Waals surface area contributed by atoms with Gasteiger partial charge in [0.2, 0.25) is 0 Å². The highest BCUT2D eigenvalue weighted by atomic mass is 16.4. The Morgan fingerprint density at radius 3 is 2.35 bits per heavy atom. The molecule has 84 valence electrons. The number of rotatable bonds is 3. The van der Waals surface area contributed by atoms with E-state index in [2.05, 4.69) is 4.98 Å². The summed E-state index contributed by atoms with van der Waals surface area (Å²) in [4.78, 5) is 15.3. The molecule has 2 rings (SSSR count). The van der Waals surface area contributed by atoms with Crippen LogP contribution in [0.15, 0.2) is 54.7 Å². The number of pyridine rings is 1. The molecule has 0 unspecified atom stereocenters. The third kappa shape index (κ3) is 2.78. The van der Waals surface area contributed by atoms with Crippen molar-refractivity contribution in [3.8, 4) is 0 Å². The lowest BCUT2D eigenvalue weighted by molar-refractivity contribution is -0.130. The van der Waals surface area contributed by atoms with Crippen LogP contribution in [0.25, 0.3) is 11.6 Å². The monoisotopic (exact) mass is 225 g/mol. The summed E-state index contributed by atoms with van der Waals surface area (Å²) in [7, 11) is 0. The Morgan fingerprint density at radius 1 is 1.06 bits per heavy atom. The average Bonchev–Trinajstić information content (AvgIpc) is 2.38. The molecule has 1 aromatic carbocycles. The molecule has 1 heterocycles. The summed E-state index contributed by atoms with van der Waals surface area (Å²) >= 11 is 0. The first-order valence-corrected chi connectivity index (χ1v) is 5.19. The van der Waals surface area contributed by atoms with Gasteiger partial charge < -0.3 is 5.11 Å². The molecule has 0 saturated heterocycles. The molecule has 0 fully saturated rings. The lowest BCUT2D eigenvalue weighted by Gasteiger charge is -2.02. The molecule has 0 aliphatic rings. The van der Waals surface area contributed by atoms with Crippen molar-refractivity contribution >= 4 is 17.6 Å². The van der Waals surface area contributed by atoms with E-state index in [1.54, 1.807) is 36.5 Å². The zero-order valence-electron chi connectivity index (χ0n) is 9.08. The Kier molecular flexibility index (Phi) is 3.31. The summed E-state index contributed by atoms with van der Waals surface area (Å²) in [6, 6.07) is 14.4. The molecule has 0 aliphatic heterocycles. The normalized spacial score (nSPS) is 11.2. The topological polar surface area (TPSA) is 50.2 Å². The van der Waals surface area contributed by atoms with Crippen LogP contribution >= 0.6 is 0 Å². The molecule has 0 aliphatic carbocycles. The van der Waals surface area contributed by atoms with Crippen molar-refractivity contribution in [3.05, 3.63) is 66.0 Å². The minimum Gasteiger partial charge on any atom is -0.478 e. The highest BCUT2D eigenvalue weighted by Crippen LogP contribution is 2.17. The lowest BCUT2D eigenvalue weighted by Crippen LogP contribution is -1.99. The highest BCUT2D eigenvalue weighted by molar-refractivity contribution is 6.20. The van der Waals surface area contributed by atoms with Crippen LogP contribution < -0.4 is 0 Å². The van der Waals surface area contributed by atoms with E-state index in [4.69, 9.17) is 0 Å². The first-order valence-electron chi connectivity index (χ1n) is 5.19. The zero-order chi connectivity index (χ0) is 12.1. The Labute approximate surface area is 99.1 Å². The molecule has 3 nitrogen and oxygen atoms in total. The first-order chi connectivity index (χ1) is 8.27. The molecule has 0 amide bonds. The van der Waals surface area contributed by atoms with E-state index in [1.807, 2.05) is 24.3 Å². The van der Waals surface area contributed by atoms with Crippen LogP contribution in [0.5, 0.6) is 0 Å². The Balaban J connectivity index is 2.44. The second-order valence-electron chi connectivity index (χ2n) is 3.48. The largest absolute Gasteiger partial charge is 0.478 e. The minimum absolute atomic E-state index is 0.240. The van der Waals surface area contributed by atoms with Crippen molar-refractivity contribution in [2.45, 2.75) is 0 Å². The van der Waals surface area contributed by atoms with Crippen LogP contribution in [-0.2, 0) is 4.79 Å². The molecule has 3 heteroatoms. The summed E-state index contributed by atoms with van der Waals surface area (Å²) in [6.07, 6.45) is 3.20. The van der Waals surface area contributed by atoms with Gasteiger partial charge in [-0.15, -0.1) is 0 Å². The minimum atomic E-state index is -0.957.